The second-order valence-corrected chi connectivity index (χ2v) is 20.5. The number of ketones is 4. The third kappa shape index (κ3) is 5.61. The fraction of sp³-hybridized carbons (Fsp3) is 0.729. The second-order valence-electron chi connectivity index (χ2n) is 20.5. The summed E-state index contributed by atoms with van der Waals surface area (Å²) >= 11 is 0. The van der Waals surface area contributed by atoms with Crippen LogP contribution in [0.15, 0.2) is 46.6 Å². The molecule has 0 aliphatic heterocycles. The van der Waals surface area contributed by atoms with E-state index in [0.717, 1.165) is 64.2 Å². The van der Waals surface area contributed by atoms with E-state index in [9.17, 15) is 29.1 Å². The molecule has 4 unspecified atom stereocenters. The van der Waals surface area contributed by atoms with Crippen molar-refractivity contribution in [1.29, 1.82) is 0 Å². The summed E-state index contributed by atoms with van der Waals surface area (Å²) in [5.74, 6) is 2.73. The maximum absolute atomic E-state index is 13.3. The number of aliphatic hydroxyl groups excluding tert-OH is 1. The lowest BCUT2D eigenvalue weighted by Gasteiger charge is -2.55. The average Bonchev–Trinajstić information content (AvgIpc) is 3.49. The van der Waals surface area contributed by atoms with Crippen LogP contribution in [0.1, 0.15) is 139 Å². The minimum Gasteiger partial charge on any atom is -0.458 e. The molecule has 300 valence electrons. The van der Waals surface area contributed by atoms with Crippen LogP contribution >= 0.6 is 0 Å². The van der Waals surface area contributed by atoms with Gasteiger partial charge in [0.05, 0.1) is 0 Å². The Morgan fingerprint density at radius 1 is 0.691 bits per heavy atom. The number of hydrogen-bond acceptors (Lipinski definition) is 7. The Hall–Kier alpha value is -2.93. The van der Waals surface area contributed by atoms with E-state index in [0.29, 0.717) is 42.4 Å². The molecule has 0 radical (unpaired) electrons. The van der Waals surface area contributed by atoms with E-state index in [1.165, 1.54) is 29.2 Å². The van der Waals surface area contributed by atoms with Crippen molar-refractivity contribution in [2.75, 3.05) is 13.2 Å². The number of fused-ring (bicyclic) bond motifs is 10. The van der Waals surface area contributed by atoms with Gasteiger partial charge >= 0.3 is 5.97 Å². The SMILES string of the molecule is CC(=O)OCC(=O)[C@@]1(C)[C@H](C)CC2C3CCC4=CC(=O)CC[C@]4(C)C3=CC[C@@]21C.C[C@@H]1CC2C3CCC4=CC(=O)CC[C@]4(C)C3=CC[C@]2(C)[C@@]1(C)C(=O)CO. The highest BCUT2D eigenvalue weighted by Gasteiger charge is 2.67. The fourth-order valence-corrected chi connectivity index (χ4v) is 14.5. The Kier molecular flexibility index (Phi) is 9.95. The molecule has 55 heavy (non-hydrogen) atoms. The van der Waals surface area contributed by atoms with Crippen LogP contribution in [0.5, 0.6) is 0 Å². The lowest BCUT2D eigenvalue weighted by Crippen LogP contribution is -2.51. The number of carbonyl (C=O) groups is 5. The number of Topliss-reactive ketones (excluding diaryl/α,β-unsaturated/α-hetero) is 2. The van der Waals surface area contributed by atoms with Gasteiger partial charge < -0.3 is 9.84 Å². The molecule has 0 aromatic rings. The van der Waals surface area contributed by atoms with Crippen molar-refractivity contribution in [3.63, 3.8) is 0 Å². The van der Waals surface area contributed by atoms with Gasteiger partial charge in [0.15, 0.2) is 29.7 Å². The molecule has 8 rings (SSSR count). The quantitative estimate of drug-likeness (QED) is 0.220. The normalized spacial score (nSPS) is 45.3. The van der Waals surface area contributed by atoms with Crippen molar-refractivity contribution in [3.05, 3.63) is 46.6 Å². The predicted octanol–water partition coefficient (Wildman–Crippen LogP) is 9.08. The van der Waals surface area contributed by atoms with Crippen molar-refractivity contribution >= 4 is 29.1 Å². The summed E-state index contributed by atoms with van der Waals surface area (Å²) in [4.78, 5) is 61.3. The maximum Gasteiger partial charge on any atom is 0.303 e. The Labute approximate surface area is 329 Å². The third-order valence-electron chi connectivity index (χ3n) is 18.7. The number of carbonyl (C=O) groups excluding carboxylic acids is 5. The standard InChI is InChI=1S/C25H34O4.C23H32O3/c1-15-12-21-19-7-6-17-13-18(27)8-10-23(17,3)20(19)9-11-24(21,4)25(15,5)22(28)14-29-16(2)26;1-14-11-19-17-6-5-15-12-16(25)7-9-21(15,2)18(17)8-10-22(19,3)23(14,4)20(26)13-24/h9,13,15,19,21H,6-8,10-12,14H2,1-5H3;8,12,14,17,19,24H,5-7,9-11,13H2,1-4H3/t15-,19?,21?,23+,24+,25-;14-,17?,19?,21+,22+,23-/m11/s1. The first-order valence-corrected chi connectivity index (χ1v) is 21.4. The van der Waals surface area contributed by atoms with E-state index in [1.54, 1.807) is 0 Å². The maximum atomic E-state index is 13.3. The van der Waals surface area contributed by atoms with Gasteiger partial charge in [0.2, 0.25) is 0 Å². The van der Waals surface area contributed by atoms with Gasteiger partial charge in [-0.05, 0) is 123 Å². The predicted molar refractivity (Wildman–Crippen MR) is 212 cm³/mol. The van der Waals surface area contributed by atoms with E-state index in [1.807, 2.05) is 12.2 Å². The monoisotopic (exact) mass is 754 g/mol. The summed E-state index contributed by atoms with van der Waals surface area (Å²) in [7, 11) is 0. The number of allylic oxidation sites excluding steroid dienone is 8. The molecule has 0 aromatic heterocycles. The molecule has 7 heteroatoms. The molecule has 0 saturated heterocycles. The molecular weight excluding hydrogens is 689 g/mol. The minimum absolute atomic E-state index is 0.0118. The van der Waals surface area contributed by atoms with Crippen LogP contribution in [0, 0.1) is 68.0 Å². The molecule has 8 aliphatic rings. The highest BCUT2D eigenvalue weighted by Crippen LogP contribution is 2.71. The van der Waals surface area contributed by atoms with Gasteiger partial charge in [0.25, 0.3) is 0 Å². The molecule has 0 aromatic carbocycles. The van der Waals surface area contributed by atoms with Gasteiger partial charge in [-0.1, -0.05) is 89.8 Å². The summed E-state index contributed by atoms with van der Waals surface area (Å²) in [5, 5.41) is 9.63. The first-order valence-electron chi connectivity index (χ1n) is 21.4. The number of esters is 1. The van der Waals surface area contributed by atoms with E-state index in [4.69, 9.17) is 4.74 Å². The Morgan fingerprint density at radius 3 is 1.51 bits per heavy atom. The third-order valence-corrected chi connectivity index (χ3v) is 18.7. The number of aliphatic hydroxyl groups is 1. The van der Waals surface area contributed by atoms with Gasteiger partial charge in [-0.2, -0.15) is 0 Å². The molecule has 4 saturated carbocycles. The van der Waals surface area contributed by atoms with Crippen molar-refractivity contribution in [2.45, 2.75) is 139 Å². The Bertz CT molecular complexity index is 1830. The molecule has 8 aliphatic carbocycles. The lowest BCUT2D eigenvalue weighted by molar-refractivity contribution is -0.153. The zero-order valence-electron chi connectivity index (χ0n) is 35.1. The molecule has 1 N–H and O–H groups in total. The van der Waals surface area contributed by atoms with Gasteiger partial charge in [0.1, 0.15) is 6.61 Å². The van der Waals surface area contributed by atoms with E-state index in [2.05, 4.69) is 67.5 Å². The van der Waals surface area contributed by atoms with Crippen LogP contribution in [0.25, 0.3) is 0 Å². The van der Waals surface area contributed by atoms with Crippen molar-refractivity contribution in [1.82, 2.24) is 0 Å². The molecule has 0 spiro atoms. The first kappa shape index (κ1) is 40.3. The van der Waals surface area contributed by atoms with Gasteiger partial charge in [-0.3, -0.25) is 24.0 Å². The largest absolute Gasteiger partial charge is 0.458 e. The molecule has 0 amide bonds. The van der Waals surface area contributed by atoms with Crippen molar-refractivity contribution in [2.24, 2.45) is 68.0 Å². The molecule has 4 fully saturated rings. The van der Waals surface area contributed by atoms with Crippen LogP contribution in [-0.4, -0.2) is 47.4 Å². The number of ether oxygens (including phenoxy) is 1. The van der Waals surface area contributed by atoms with Gasteiger partial charge in [-0.15, -0.1) is 0 Å². The Morgan fingerprint density at radius 2 is 1.11 bits per heavy atom. The topological polar surface area (TPSA) is 115 Å². The zero-order valence-corrected chi connectivity index (χ0v) is 35.1. The van der Waals surface area contributed by atoms with Gasteiger partial charge in [0, 0.05) is 41.4 Å². The van der Waals surface area contributed by atoms with Crippen LogP contribution in [0.2, 0.25) is 0 Å². The van der Waals surface area contributed by atoms with E-state index >= 15 is 0 Å². The average molecular weight is 755 g/mol. The summed E-state index contributed by atoms with van der Waals surface area (Å²) in [6, 6.07) is 0. The fourth-order valence-electron chi connectivity index (χ4n) is 14.5. The summed E-state index contributed by atoms with van der Waals surface area (Å²) in [5.41, 5.74) is 4.63. The van der Waals surface area contributed by atoms with E-state index in [-0.39, 0.29) is 63.9 Å². The number of rotatable bonds is 5. The smallest absolute Gasteiger partial charge is 0.303 e. The van der Waals surface area contributed by atoms with Crippen LogP contribution < -0.4 is 0 Å². The molecule has 12 atom stereocenters. The Balaban J connectivity index is 0.000000170. The highest BCUT2D eigenvalue weighted by atomic mass is 16.5. The molecule has 0 bridgehead atoms. The van der Waals surface area contributed by atoms with Crippen LogP contribution in [0.4, 0.5) is 0 Å². The molecule has 0 heterocycles. The second kappa shape index (κ2) is 13.6. The lowest BCUT2D eigenvalue weighted by atomic mass is 9.48. The molecule has 7 nitrogen and oxygen atoms in total. The highest BCUT2D eigenvalue weighted by molar-refractivity contribution is 5.93. The summed E-state index contributed by atoms with van der Waals surface area (Å²) in [6.45, 7) is 18.7. The first-order chi connectivity index (χ1) is 25.7. The summed E-state index contributed by atoms with van der Waals surface area (Å²) in [6.07, 6.45) is 19.9. The minimum atomic E-state index is -0.491. The zero-order chi connectivity index (χ0) is 40.1. The van der Waals surface area contributed by atoms with Crippen LogP contribution in [0.3, 0.4) is 0 Å². The number of hydrogen-bond donors (Lipinski definition) is 1. The molecular formula is C48H66O7. The summed E-state index contributed by atoms with van der Waals surface area (Å²) < 4.78 is 5.11. The van der Waals surface area contributed by atoms with Gasteiger partial charge in [-0.25, -0.2) is 0 Å². The van der Waals surface area contributed by atoms with Crippen molar-refractivity contribution < 1.29 is 33.8 Å². The van der Waals surface area contributed by atoms with Crippen LogP contribution in [-0.2, 0) is 28.7 Å². The van der Waals surface area contributed by atoms with Crippen molar-refractivity contribution in [3.8, 4) is 0 Å². The van der Waals surface area contributed by atoms with E-state index < -0.39 is 16.8 Å².